The van der Waals surface area contributed by atoms with E-state index in [1.165, 1.54) is 36.8 Å². The molecular weight excluding hydrogens is 270 g/mol. The van der Waals surface area contributed by atoms with Gasteiger partial charge in [-0.15, -0.1) is 0 Å². The number of hydrogen-bond donors (Lipinski definition) is 1. The quantitative estimate of drug-likeness (QED) is 0.860. The van der Waals surface area contributed by atoms with Crippen LogP contribution in [0, 0.1) is 11.8 Å². The number of hydrogen-bond acceptors (Lipinski definition) is 2. The molecule has 0 aromatic heterocycles. The van der Waals surface area contributed by atoms with Gasteiger partial charge in [-0.3, -0.25) is 0 Å². The minimum atomic E-state index is 0.624. The zero-order valence-electron chi connectivity index (χ0n) is 13.1. The Morgan fingerprint density at radius 1 is 0.955 bits per heavy atom. The van der Waals surface area contributed by atoms with Crippen molar-refractivity contribution in [1.29, 1.82) is 0 Å². The Hall–Kier alpha value is -1.96. The van der Waals surface area contributed by atoms with Gasteiger partial charge in [0, 0.05) is 6.04 Å². The van der Waals surface area contributed by atoms with Gasteiger partial charge in [-0.1, -0.05) is 42.8 Å². The molecule has 2 saturated carbocycles. The van der Waals surface area contributed by atoms with Gasteiger partial charge in [0.15, 0.2) is 0 Å². The monoisotopic (exact) mass is 293 g/mol. The molecule has 2 nitrogen and oxygen atoms in total. The lowest BCUT2D eigenvalue weighted by atomic mass is 9.95. The van der Waals surface area contributed by atoms with Crippen molar-refractivity contribution >= 4 is 5.69 Å². The van der Waals surface area contributed by atoms with Crippen molar-refractivity contribution < 1.29 is 4.74 Å². The summed E-state index contributed by atoms with van der Waals surface area (Å²) in [5, 5.41) is 3.78. The van der Waals surface area contributed by atoms with Crippen molar-refractivity contribution in [2.75, 3.05) is 12.4 Å². The molecule has 2 aliphatic carbocycles. The Balaban J connectivity index is 1.62. The maximum Gasteiger partial charge on any atom is 0.141 e. The molecule has 114 valence electrons. The van der Waals surface area contributed by atoms with Crippen molar-refractivity contribution in [3.8, 4) is 16.9 Å². The van der Waals surface area contributed by atoms with Crippen molar-refractivity contribution in [3.05, 3.63) is 48.5 Å². The molecule has 2 heteroatoms. The fourth-order valence-electron chi connectivity index (χ4n) is 4.25. The fraction of sp³-hybridized carbons (Fsp3) is 0.400. The second kappa shape index (κ2) is 5.68. The zero-order valence-corrected chi connectivity index (χ0v) is 13.1. The van der Waals surface area contributed by atoms with E-state index in [-0.39, 0.29) is 0 Å². The van der Waals surface area contributed by atoms with Crippen LogP contribution in [0.1, 0.15) is 25.7 Å². The number of benzene rings is 2. The summed E-state index contributed by atoms with van der Waals surface area (Å²) in [5.41, 5.74) is 3.63. The van der Waals surface area contributed by atoms with E-state index in [2.05, 4.69) is 53.8 Å². The molecule has 2 bridgehead atoms. The van der Waals surface area contributed by atoms with E-state index in [0.717, 1.165) is 23.3 Å². The second-order valence-corrected chi connectivity index (χ2v) is 6.71. The minimum Gasteiger partial charge on any atom is -0.495 e. The van der Waals surface area contributed by atoms with Crippen molar-refractivity contribution in [1.82, 2.24) is 0 Å². The van der Waals surface area contributed by atoms with E-state index >= 15 is 0 Å². The molecule has 2 fully saturated rings. The Morgan fingerprint density at radius 3 is 2.50 bits per heavy atom. The Morgan fingerprint density at radius 2 is 1.82 bits per heavy atom. The molecule has 3 atom stereocenters. The number of nitrogens with one attached hydrogen (secondary N) is 1. The Bertz CT molecular complexity index is 652. The lowest BCUT2D eigenvalue weighted by Crippen LogP contribution is -2.26. The van der Waals surface area contributed by atoms with Crippen molar-refractivity contribution in [2.45, 2.75) is 31.7 Å². The van der Waals surface area contributed by atoms with Gasteiger partial charge in [0.25, 0.3) is 0 Å². The van der Waals surface area contributed by atoms with Gasteiger partial charge in [-0.05, 0) is 54.4 Å². The molecule has 0 heterocycles. The molecular formula is C20H23NO. The predicted molar refractivity (Wildman–Crippen MR) is 91.3 cm³/mol. The molecule has 0 spiro atoms. The van der Waals surface area contributed by atoms with Crippen LogP contribution in [0.15, 0.2) is 48.5 Å². The average Bonchev–Trinajstić information content (AvgIpc) is 3.18. The third-order valence-electron chi connectivity index (χ3n) is 5.39. The van der Waals surface area contributed by atoms with Gasteiger partial charge >= 0.3 is 0 Å². The average molecular weight is 293 g/mol. The van der Waals surface area contributed by atoms with Crippen molar-refractivity contribution in [3.63, 3.8) is 0 Å². The van der Waals surface area contributed by atoms with Gasteiger partial charge < -0.3 is 10.1 Å². The van der Waals surface area contributed by atoms with Gasteiger partial charge in [-0.2, -0.15) is 0 Å². The van der Waals surface area contributed by atoms with E-state index in [4.69, 9.17) is 4.74 Å². The molecule has 4 rings (SSSR count). The fourth-order valence-corrected chi connectivity index (χ4v) is 4.25. The third kappa shape index (κ3) is 2.47. The predicted octanol–water partition coefficient (Wildman–Crippen LogP) is 4.96. The highest BCUT2D eigenvalue weighted by atomic mass is 16.5. The first kappa shape index (κ1) is 13.7. The van der Waals surface area contributed by atoms with Crippen LogP contribution in [0.3, 0.4) is 0 Å². The van der Waals surface area contributed by atoms with Crippen LogP contribution in [-0.4, -0.2) is 13.2 Å². The Kier molecular flexibility index (Phi) is 3.53. The second-order valence-electron chi connectivity index (χ2n) is 6.71. The van der Waals surface area contributed by atoms with Crippen LogP contribution in [0.2, 0.25) is 0 Å². The molecule has 1 N–H and O–H groups in total. The van der Waals surface area contributed by atoms with E-state index in [1.54, 1.807) is 7.11 Å². The highest BCUT2D eigenvalue weighted by molar-refractivity contribution is 5.72. The first-order valence-electron chi connectivity index (χ1n) is 8.33. The van der Waals surface area contributed by atoms with Crippen LogP contribution in [0.5, 0.6) is 5.75 Å². The number of methoxy groups -OCH3 is 1. The normalized spacial score (nSPS) is 26.1. The summed E-state index contributed by atoms with van der Waals surface area (Å²) in [6.07, 6.45) is 5.56. The summed E-state index contributed by atoms with van der Waals surface area (Å²) >= 11 is 0. The summed E-state index contributed by atoms with van der Waals surface area (Å²) in [6.45, 7) is 0. The van der Waals surface area contributed by atoms with Gasteiger partial charge in [-0.25, -0.2) is 0 Å². The molecule has 0 radical (unpaired) electrons. The molecule has 22 heavy (non-hydrogen) atoms. The van der Waals surface area contributed by atoms with Gasteiger partial charge in [0.05, 0.1) is 12.8 Å². The lowest BCUT2D eigenvalue weighted by Gasteiger charge is -2.25. The maximum absolute atomic E-state index is 5.56. The summed E-state index contributed by atoms with van der Waals surface area (Å²) in [6, 6.07) is 17.6. The SMILES string of the molecule is COc1ccc(-c2ccccc2)cc1NC1CC2CCC1C2. The topological polar surface area (TPSA) is 21.3 Å². The number of rotatable bonds is 4. The molecule has 0 saturated heterocycles. The van der Waals surface area contributed by atoms with E-state index in [0.29, 0.717) is 6.04 Å². The largest absolute Gasteiger partial charge is 0.495 e. The van der Waals surface area contributed by atoms with Crippen molar-refractivity contribution in [2.24, 2.45) is 11.8 Å². The van der Waals surface area contributed by atoms with Crippen LogP contribution in [-0.2, 0) is 0 Å². The van der Waals surface area contributed by atoms with Crippen LogP contribution >= 0.6 is 0 Å². The maximum atomic E-state index is 5.56. The first-order chi connectivity index (χ1) is 10.8. The molecule has 2 aliphatic rings. The summed E-state index contributed by atoms with van der Waals surface area (Å²) in [7, 11) is 1.75. The minimum absolute atomic E-state index is 0.624. The molecule has 3 unspecified atom stereocenters. The number of fused-ring (bicyclic) bond motifs is 2. The highest BCUT2D eigenvalue weighted by Gasteiger charge is 2.39. The number of anilines is 1. The third-order valence-corrected chi connectivity index (χ3v) is 5.39. The summed E-state index contributed by atoms with van der Waals surface area (Å²) < 4.78 is 5.56. The summed E-state index contributed by atoms with van der Waals surface area (Å²) in [5.74, 6) is 2.75. The van der Waals surface area contributed by atoms with E-state index < -0.39 is 0 Å². The van der Waals surface area contributed by atoms with Crippen LogP contribution in [0.25, 0.3) is 11.1 Å². The number of ether oxygens (including phenoxy) is 1. The van der Waals surface area contributed by atoms with Gasteiger partial charge in [0.1, 0.15) is 5.75 Å². The van der Waals surface area contributed by atoms with Gasteiger partial charge in [0.2, 0.25) is 0 Å². The summed E-state index contributed by atoms with van der Waals surface area (Å²) in [4.78, 5) is 0. The molecule has 0 aliphatic heterocycles. The standard InChI is InChI=1S/C20H23NO/c1-22-20-10-9-16(15-5-3-2-4-6-15)13-19(20)21-18-12-14-7-8-17(18)11-14/h2-6,9-10,13-14,17-18,21H,7-8,11-12H2,1H3. The van der Waals surface area contributed by atoms with Crippen LogP contribution < -0.4 is 10.1 Å². The molecule has 2 aromatic carbocycles. The van der Waals surface area contributed by atoms with E-state index in [9.17, 15) is 0 Å². The Labute approximate surface area is 132 Å². The smallest absolute Gasteiger partial charge is 0.141 e. The van der Waals surface area contributed by atoms with Crippen LogP contribution in [0.4, 0.5) is 5.69 Å². The highest BCUT2D eigenvalue weighted by Crippen LogP contribution is 2.46. The lowest BCUT2D eigenvalue weighted by molar-refractivity contribution is 0.410. The molecule has 0 amide bonds. The van der Waals surface area contributed by atoms with E-state index in [1.807, 2.05) is 0 Å². The first-order valence-corrected chi connectivity index (χ1v) is 8.33. The zero-order chi connectivity index (χ0) is 14.9. The molecule has 2 aromatic rings.